The summed E-state index contributed by atoms with van der Waals surface area (Å²) >= 11 is 0. The highest BCUT2D eigenvalue weighted by molar-refractivity contribution is 7.89. The van der Waals surface area contributed by atoms with E-state index in [2.05, 4.69) is 20.1 Å². The number of carbonyl (C=O) groups excluding carboxylic acids is 1. The van der Waals surface area contributed by atoms with E-state index in [0.717, 1.165) is 11.0 Å². The Morgan fingerprint density at radius 1 is 1.19 bits per heavy atom. The van der Waals surface area contributed by atoms with Crippen molar-refractivity contribution < 1.29 is 13.2 Å². The van der Waals surface area contributed by atoms with Crippen molar-refractivity contribution >= 4 is 32.7 Å². The summed E-state index contributed by atoms with van der Waals surface area (Å²) in [6.07, 6.45) is 3.24. The van der Waals surface area contributed by atoms with Crippen LogP contribution in [0, 0.1) is 0 Å². The Morgan fingerprint density at radius 3 is 2.65 bits per heavy atom. The van der Waals surface area contributed by atoms with Gasteiger partial charge in [-0.05, 0) is 45.2 Å². The van der Waals surface area contributed by atoms with E-state index in [1.54, 1.807) is 29.2 Å². The fourth-order valence-corrected chi connectivity index (χ4v) is 3.29. The topological polar surface area (TPSA) is 106 Å². The van der Waals surface area contributed by atoms with Crippen LogP contribution < -0.4 is 10.0 Å². The number of amides is 1. The van der Waals surface area contributed by atoms with Crippen molar-refractivity contribution in [3.05, 3.63) is 48.3 Å². The van der Waals surface area contributed by atoms with Gasteiger partial charge in [0.2, 0.25) is 10.0 Å². The molecule has 2 heterocycles. The highest BCUT2D eigenvalue weighted by Crippen LogP contribution is 2.20. The van der Waals surface area contributed by atoms with E-state index in [4.69, 9.17) is 0 Å². The third-order valence-corrected chi connectivity index (χ3v) is 5.27. The van der Waals surface area contributed by atoms with Crippen LogP contribution in [0.25, 0.3) is 11.0 Å². The number of hydrogen-bond acceptors (Lipinski definition) is 5. The molecule has 0 fully saturated rings. The quantitative estimate of drug-likeness (QED) is 0.713. The fraction of sp³-hybridized carbons (Fsp3) is 0.235. The van der Waals surface area contributed by atoms with Crippen LogP contribution in [0.3, 0.4) is 0 Å². The zero-order valence-electron chi connectivity index (χ0n) is 14.6. The second kappa shape index (κ2) is 6.85. The average Bonchev–Trinajstić information content (AvgIpc) is 3.05. The van der Waals surface area contributed by atoms with Gasteiger partial charge in [-0.2, -0.15) is 5.10 Å². The molecule has 0 saturated carbocycles. The summed E-state index contributed by atoms with van der Waals surface area (Å²) < 4.78 is 27.8. The minimum Gasteiger partial charge on any atom is -0.321 e. The van der Waals surface area contributed by atoms with E-state index >= 15 is 0 Å². The van der Waals surface area contributed by atoms with Crippen LogP contribution in [0.2, 0.25) is 0 Å². The number of aromatic nitrogens is 3. The van der Waals surface area contributed by atoms with Gasteiger partial charge >= 0.3 is 0 Å². The third kappa shape index (κ3) is 3.44. The standard InChI is InChI=1S/C17H19N5O3S/c1-11(2)22-16-13(9-20-22)7-14(10-19-16)21-17(23)12-5-4-6-15(8-12)26(24,25)18-3/h4-11,18H,1-3H3,(H,21,23). The molecule has 0 aliphatic rings. The molecule has 3 rings (SSSR count). The Bertz CT molecular complexity index is 1070. The Balaban J connectivity index is 1.86. The number of nitrogens with one attached hydrogen (secondary N) is 2. The normalized spacial score (nSPS) is 11.8. The summed E-state index contributed by atoms with van der Waals surface area (Å²) in [5, 5.41) is 7.83. The number of nitrogens with zero attached hydrogens (tertiary/aromatic N) is 3. The van der Waals surface area contributed by atoms with Crippen molar-refractivity contribution in [2.24, 2.45) is 0 Å². The molecule has 0 radical (unpaired) electrons. The number of hydrogen-bond donors (Lipinski definition) is 2. The van der Waals surface area contributed by atoms with Gasteiger partial charge in [0.25, 0.3) is 5.91 Å². The average molecular weight is 373 g/mol. The Kier molecular flexibility index (Phi) is 4.75. The molecule has 0 unspecified atom stereocenters. The van der Waals surface area contributed by atoms with Gasteiger partial charge in [-0.1, -0.05) is 6.07 Å². The number of carbonyl (C=O) groups is 1. The van der Waals surface area contributed by atoms with Gasteiger partial charge in [-0.3, -0.25) is 4.79 Å². The summed E-state index contributed by atoms with van der Waals surface area (Å²) in [5.41, 5.74) is 1.48. The van der Waals surface area contributed by atoms with Crippen LogP contribution >= 0.6 is 0 Å². The first kappa shape index (κ1) is 18.0. The molecular formula is C17H19N5O3S. The summed E-state index contributed by atoms with van der Waals surface area (Å²) in [4.78, 5) is 16.8. The Morgan fingerprint density at radius 2 is 1.96 bits per heavy atom. The lowest BCUT2D eigenvalue weighted by atomic mass is 10.2. The van der Waals surface area contributed by atoms with Gasteiger partial charge in [-0.25, -0.2) is 22.8 Å². The van der Waals surface area contributed by atoms with Crippen molar-refractivity contribution in [3.8, 4) is 0 Å². The van der Waals surface area contributed by atoms with Gasteiger partial charge in [0.05, 0.1) is 23.0 Å². The van der Waals surface area contributed by atoms with Crippen LogP contribution in [0.1, 0.15) is 30.2 Å². The molecule has 0 spiro atoms. The fourth-order valence-electron chi connectivity index (χ4n) is 2.51. The van der Waals surface area contributed by atoms with E-state index < -0.39 is 15.9 Å². The van der Waals surface area contributed by atoms with Gasteiger partial charge in [0.1, 0.15) is 0 Å². The number of rotatable bonds is 5. The predicted octanol–water partition coefficient (Wildman–Crippen LogP) is 2.17. The number of benzene rings is 1. The molecule has 1 amide bonds. The highest BCUT2D eigenvalue weighted by Gasteiger charge is 2.15. The van der Waals surface area contributed by atoms with Crippen molar-refractivity contribution in [1.29, 1.82) is 0 Å². The van der Waals surface area contributed by atoms with Crippen LogP contribution in [-0.4, -0.2) is 36.1 Å². The Hall–Kier alpha value is -2.78. The summed E-state index contributed by atoms with van der Waals surface area (Å²) in [7, 11) is -2.29. The molecule has 2 aromatic heterocycles. The maximum Gasteiger partial charge on any atom is 0.255 e. The first-order chi connectivity index (χ1) is 12.3. The predicted molar refractivity (Wildman–Crippen MR) is 98.6 cm³/mol. The zero-order valence-corrected chi connectivity index (χ0v) is 15.4. The molecule has 0 aliphatic heterocycles. The molecule has 8 nitrogen and oxygen atoms in total. The molecule has 0 bridgehead atoms. The van der Waals surface area contributed by atoms with Crippen LogP contribution in [0.4, 0.5) is 5.69 Å². The third-order valence-electron chi connectivity index (χ3n) is 3.86. The molecule has 2 N–H and O–H groups in total. The van der Waals surface area contributed by atoms with E-state index in [-0.39, 0.29) is 16.5 Å². The van der Waals surface area contributed by atoms with Gasteiger partial charge < -0.3 is 5.32 Å². The van der Waals surface area contributed by atoms with Crippen molar-refractivity contribution in [1.82, 2.24) is 19.5 Å². The molecule has 9 heteroatoms. The molecule has 26 heavy (non-hydrogen) atoms. The van der Waals surface area contributed by atoms with E-state index in [1.165, 1.54) is 25.2 Å². The summed E-state index contributed by atoms with van der Waals surface area (Å²) in [6.45, 7) is 4.02. The maximum atomic E-state index is 12.5. The van der Waals surface area contributed by atoms with E-state index in [1.807, 2.05) is 13.8 Å². The minimum absolute atomic E-state index is 0.0273. The number of pyridine rings is 1. The SMILES string of the molecule is CNS(=O)(=O)c1cccc(C(=O)Nc2cnc3c(cnn3C(C)C)c2)c1. The van der Waals surface area contributed by atoms with Crippen molar-refractivity contribution in [3.63, 3.8) is 0 Å². The number of sulfonamides is 1. The van der Waals surface area contributed by atoms with Crippen LogP contribution in [0.15, 0.2) is 47.6 Å². The lowest BCUT2D eigenvalue weighted by Gasteiger charge is -2.08. The molecule has 0 aliphatic carbocycles. The van der Waals surface area contributed by atoms with E-state index in [0.29, 0.717) is 5.69 Å². The van der Waals surface area contributed by atoms with Gasteiger partial charge in [0, 0.05) is 17.0 Å². The summed E-state index contributed by atoms with van der Waals surface area (Å²) in [6, 6.07) is 7.78. The first-order valence-electron chi connectivity index (χ1n) is 8.00. The summed E-state index contributed by atoms with van der Waals surface area (Å²) in [5.74, 6) is -0.421. The van der Waals surface area contributed by atoms with Gasteiger partial charge in [0.15, 0.2) is 5.65 Å². The monoisotopic (exact) mass is 373 g/mol. The lowest BCUT2D eigenvalue weighted by molar-refractivity contribution is 0.102. The zero-order chi connectivity index (χ0) is 18.9. The molecular weight excluding hydrogens is 354 g/mol. The van der Waals surface area contributed by atoms with Crippen molar-refractivity contribution in [2.75, 3.05) is 12.4 Å². The highest BCUT2D eigenvalue weighted by atomic mass is 32.2. The Labute approximate surface area is 151 Å². The number of anilines is 1. The smallest absolute Gasteiger partial charge is 0.255 e. The first-order valence-corrected chi connectivity index (χ1v) is 9.48. The largest absolute Gasteiger partial charge is 0.321 e. The molecule has 1 aromatic carbocycles. The van der Waals surface area contributed by atoms with E-state index in [9.17, 15) is 13.2 Å². The lowest BCUT2D eigenvalue weighted by Crippen LogP contribution is -2.19. The molecule has 3 aromatic rings. The van der Waals surface area contributed by atoms with Crippen LogP contribution in [0.5, 0.6) is 0 Å². The van der Waals surface area contributed by atoms with Gasteiger partial charge in [-0.15, -0.1) is 0 Å². The second-order valence-electron chi connectivity index (χ2n) is 6.01. The number of fused-ring (bicyclic) bond motifs is 1. The molecule has 0 saturated heterocycles. The van der Waals surface area contributed by atoms with Crippen molar-refractivity contribution in [2.45, 2.75) is 24.8 Å². The maximum absolute atomic E-state index is 12.5. The van der Waals surface area contributed by atoms with Crippen LogP contribution in [-0.2, 0) is 10.0 Å². The second-order valence-corrected chi connectivity index (χ2v) is 7.90. The minimum atomic E-state index is -3.61. The molecule has 0 atom stereocenters. The molecule has 136 valence electrons.